The van der Waals surface area contributed by atoms with Gasteiger partial charge in [-0.25, -0.2) is 4.98 Å². The Balaban J connectivity index is 1.59. The molecule has 0 saturated carbocycles. The molecule has 0 spiro atoms. The highest BCUT2D eigenvalue weighted by Gasteiger charge is 2.23. The average molecular weight is 467 g/mol. The Morgan fingerprint density at radius 3 is 2.67 bits per heavy atom. The largest absolute Gasteiger partial charge is 0.394 e. The van der Waals surface area contributed by atoms with Gasteiger partial charge in [-0.2, -0.15) is 0 Å². The Kier molecular flexibility index (Phi) is 5.86. The first-order valence-corrected chi connectivity index (χ1v) is 12.3. The van der Waals surface area contributed by atoms with Crippen molar-refractivity contribution in [3.63, 3.8) is 0 Å². The number of aromatic amines is 2. The highest BCUT2D eigenvalue weighted by molar-refractivity contribution is 7.17. The number of thiophene rings is 1. The van der Waals surface area contributed by atoms with Gasteiger partial charge >= 0.3 is 0 Å². The second-order valence-electron chi connectivity index (χ2n) is 9.12. The maximum Gasteiger partial charge on any atom is 0.261 e. The number of hydrogen-bond donors (Lipinski definition) is 4. The summed E-state index contributed by atoms with van der Waals surface area (Å²) in [5, 5.41) is 15.3. The molecule has 1 aliphatic rings. The van der Waals surface area contributed by atoms with E-state index in [1.54, 1.807) is 11.3 Å². The summed E-state index contributed by atoms with van der Waals surface area (Å²) >= 11 is 1.56. The summed E-state index contributed by atoms with van der Waals surface area (Å²) in [5.74, 6) is 0.721. The first-order chi connectivity index (χ1) is 15.9. The molecule has 1 aromatic carbocycles. The molecule has 1 atom stereocenters. The van der Waals surface area contributed by atoms with Gasteiger partial charge in [-0.05, 0) is 42.6 Å². The van der Waals surface area contributed by atoms with Crippen LogP contribution in [0.15, 0.2) is 34.4 Å². The van der Waals surface area contributed by atoms with Gasteiger partial charge in [0.1, 0.15) is 11.4 Å². The third-order valence-corrected chi connectivity index (χ3v) is 7.45. The summed E-state index contributed by atoms with van der Waals surface area (Å²) in [7, 11) is 2.15. The van der Waals surface area contributed by atoms with Crippen molar-refractivity contribution in [3.8, 4) is 11.4 Å². The van der Waals surface area contributed by atoms with Crippen LogP contribution in [0.3, 0.4) is 0 Å². The van der Waals surface area contributed by atoms with Crippen LogP contribution in [0.1, 0.15) is 13.8 Å². The lowest BCUT2D eigenvalue weighted by Crippen LogP contribution is -2.44. The molecule has 1 aliphatic heterocycles. The monoisotopic (exact) mass is 466 g/mol. The molecule has 3 aromatic heterocycles. The fourth-order valence-corrected chi connectivity index (χ4v) is 5.23. The lowest BCUT2D eigenvalue weighted by atomic mass is 10.0. The van der Waals surface area contributed by atoms with E-state index in [0.717, 1.165) is 58.8 Å². The Morgan fingerprint density at radius 2 is 1.94 bits per heavy atom. The number of fused-ring (bicyclic) bond motifs is 2. The van der Waals surface area contributed by atoms with Crippen LogP contribution >= 0.6 is 11.3 Å². The number of anilines is 2. The number of likely N-dealkylation sites (N-methyl/N-ethyl adjacent to an activating group) is 1. The molecule has 1 unspecified atom stereocenters. The van der Waals surface area contributed by atoms with E-state index in [1.165, 1.54) is 0 Å². The molecule has 33 heavy (non-hydrogen) atoms. The topological polar surface area (TPSA) is 100 Å². The Morgan fingerprint density at radius 1 is 1.15 bits per heavy atom. The smallest absolute Gasteiger partial charge is 0.261 e. The molecule has 4 aromatic rings. The summed E-state index contributed by atoms with van der Waals surface area (Å²) in [6, 6.07) is 7.96. The molecule has 0 aliphatic carbocycles. The van der Waals surface area contributed by atoms with Crippen molar-refractivity contribution in [2.45, 2.75) is 19.9 Å². The van der Waals surface area contributed by atoms with Crippen LogP contribution < -0.4 is 15.8 Å². The zero-order valence-electron chi connectivity index (χ0n) is 19.2. The molecular weight excluding hydrogens is 436 g/mol. The molecule has 174 valence electrons. The van der Waals surface area contributed by atoms with Crippen LogP contribution in [0.5, 0.6) is 0 Å². The number of nitrogens with zero attached hydrogens (tertiary/aromatic N) is 3. The van der Waals surface area contributed by atoms with Gasteiger partial charge in [0.15, 0.2) is 0 Å². The Bertz CT molecular complexity index is 1330. The minimum Gasteiger partial charge on any atom is -0.394 e. The molecule has 4 heterocycles. The van der Waals surface area contributed by atoms with Gasteiger partial charge in [0.2, 0.25) is 0 Å². The number of benzene rings is 1. The summed E-state index contributed by atoms with van der Waals surface area (Å²) in [4.78, 5) is 29.1. The molecule has 0 radical (unpaired) electrons. The van der Waals surface area contributed by atoms with Crippen molar-refractivity contribution in [1.29, 1.82) is 0 Å². The van der Waals surface area contributed by atoms with Gasteiger partial charge in [0, 0.05) is 31.9 Å². The van der Waals surface area contributed by atoms with Gasteiger partial charge in [0.25, 0.3) is 5.56 Å². The molecule has 0 amide bonds. The average Bonchev–Trinajstić information content (AvgIpc) is 3.43. The van der Waals surface area contributed by atoms with E-state index in [9.17, 15) is 9.90 Å². The molecule has 9 heteroatoms. The van der Waals surface area contributed by atoms with E-state index in [-0.39, 0.29) is 24.1 Å². The van der Waals surface area contributed by atoms with Crippen LogP contribution in [0.25, 0.3) is 32.6 Å². The lowest BCUT2D eigenvalue weighted by molar-refractivity contribution is 0.249. The highest BCUT2D eigenvalue weighted by Crippen LogP contribution is 2.35. The highest BCUT2D eigenvalue weighted by atomic mass is 32.1. The fraction of sp³-hybridized carbons (Fsp3) is 0.417. The van der Waals surface area contributed by atoms with E-state index in [0.29, 0.717) is 11.4 Å². The Labute approximate surface area is 196 Å². The summed E-state index contributed by atoms with van der Waals surface area (Å²) in [5.41, 5.74) is 4.65. The molecule has 5 rings (SSSR count). The third-order valence-electron chi connectivity index (χ3n) is 6.52. The van der Waals surface area contributed by atoms with Crippen molar-refractivity contribution in [1.82, 2.24) is 19.9 Å². The maximum absolute atomic E-state index is 13.2. The van der Waals surface area contributed by atoms with Crippen LogP contribution in [0.2, 0.25) is 0 Å². The van der Waals surface area contributed by atoms with E-state index < -0.39 is 0 Å². The van der Waals surface area contributed by atoms with Gasteiger partial charge in [-0.3, -0.25) is 4.79 Å². The number of H-pyrrole nitrogens is 2. The minimum atomic E-state index is -0.206. The van der Waals surface area contributed by atoms with Gasteiger partial charge in [-0.15, -0.1) is 11.3 Å². The normalized spacial score (nSPS) is 16.2. The fourth-order valence-electron chi connectivity index (χ4n) is 4.36. The van der Waals surface area contributed by atoms with Crippen LogP contribution in [-0.4, -0.2) is 70.8 Å². The van der Waals surface area contributed by atoms with Crippen molar-refractivity contribution < 1.29 is 5.11 Å². The van der Waals surface area contributed by atoms with Gasteiger partial charge in [0.05, 0.1) is 39.6 Å². The number of aliphatic hydroxyl groups excluding tert-OH is 1. The van der Waals surface area contributed by atoms with E-state index in [4.69, 9.17) is 4.98 Å². The zero-order chi connectivity index (χ0) is 23.1. The first-order valence-electron chi connectivity index (χ1n) is 11.4. The lowest BCUT2D eigenvalue weighted by Gasteiger charge is -2.34. The second-order valence-corrected chi connectivity index (χ2v) is 10.0. The third kappa shape index (κ3) is 4.12. The number of hydrogen-bond acceptors (Lipinski definition) is 7. The van der Waals surface area contributed by atoms with Gasteiger partial charge in [-0.1, -0.05) is 13.8 Å². The van der Waals surface area contributed by atoms with E-state index in [2.05, 4.69) is 44.3 Å². The predicted molar refractivity (Wildman–Crippen MR) is 137 cm³/mol. The number of aromatic nitrogens is 3. The second kappa shape index (κ2) is 8.81. The summed E-state index contributed by atoms with van der Waals surface area (Å²) in [6.07, 6.45) is 0. The van der Waals surface area contributed by atoms with Crippen LogP contribution in [-0.2, 0) is 0 Å². The summed E-state index contributed by atoms with van der Waals surface area (Å²) < 4.78 is 0.947. The standard InChI is InChI=1S/C24H30N6O2S/c1-14(2)19(13-31)25-21-20(24(32)28-17-6-11-33-22(17)21)23-26-16-5-4-15(12-18(16)27-23)30-9-7-29(3)8-10-30/h4-6,11-12,14,19,31H,7-10,13H2,1-3H3,(H,26,27)(H2,25,28,32). The number of piperazine rings is 1. The molecule has 1 saturated heterocycles. The molecule has 0 bridgehead atoms. The zero-order valence-corrected chi connectivity index (χ0v) is 20.0. The number of nitrogens with one attached hydrogen (secondary N) is 3. The van der Waals surface area contributed by atoms with Crippen LogP contribution in [0.4, 0.5) is 11.4 Å². The van der Waals surface area contributed by atoms with Crippen molar-refractivity contribution in [2.75, 3.05) is 50.1 Å². The number of aliphatic hydroxyl groups is 1. The molecule has 4 N–H and O–H groups in total. The predicted octanol–water partition coefficient (Wildman–Crippen LogP) is 3.31. The van der Waals surface area contributed by atoms with Crippen LogP contribution in [0, 0.1) is 5.92 Å². The maximum atomic E-state index is 13.2. The molecular formula is C24H30N6O2S. The summed E-state index contributed by atoms with van der Waals surface area (Å²) in [6.45, 7) is 8.14. The van der Waals surface area contributed by atoms with Crippen molar-refractivity contribution >= 4 is 44.0 Å². The van der Waals surface area contributed by atoms with E-state index >= 15 is 0 Å². The van der Waals surface area contributed by atoms with E-state index in [1.807, 2.05) is 31.4 Å². The first kappa shape index (κ1) is 21.9. The molecule has 8 nitrogen and oxygen atoms in total. The van der Waals surface area contributed by atoms with Crippen molar-refractivity contribution in [2.24, 2.45) is 5.92 Å². The SMILES string of the molecule is CC(C)C(CO)Nc1c(-c2nc3ccc(N4CCN(C)CC4)cc3[nH]2)c(=O)[nH]c2ccsc12. The molecule has 1 fully saturated rings. The number of pyridine rings is 1. The number of rotatable bonds is 6. The van der Waals surface area contributed by atoms with Crippen molar-refractivity contribution in [3.05, 3.63) is 40.0 Å². The minimum absolute atomic E-state index is 0.0225. The Hall–Kier alpha value is -2.88. The van der Waals surface area contributed by atoms with Gasteiger partial charge < -0.3 is 30.2 Å². The quantitative estimate of drug-likeness (QED) is 0.348. The number of imidazole rings is 1.